The molecule has 8 nitrogen and oxygen atoms in total. The van der Waals surface area contributed by atoms with Gasteiger partial charge in [-0.3, -0.25) is 4.79 Å². The van der Waals surface area contributed by atoms with Gasteiger partial charge in [-0.05, 0) is 19.1 Å². The first-order valence-electron chi connectivity index (χ1n) is 6.56. The van der Waals surface area contributed by atoms with E-state index in [2.05, 4.69) is 20.1 Å². The zero-order valence-corrected chi connectivity index (χ0v) is 12.0. The lowest BCUT2D eigenvalue weighted by Gasteiger charge is -2.29. The maximum Gasteiger partial charge on any atom is 0.508 e. The van der Waals surface area contributed by atoms with Crippen molar-refractivity contribution in [2.45, 2.75) is 6.92 Å². The van der Waals surface area contributed by atoms with Crippen LogP contribution in [-0.4, -0.2) is 38.1 Å². The van der Waals surface area contributed by atoms with Crippen molar-refractivity contribution in [1.29, 1.82) is 0 Å². The van der Waals surface area contributed by atoms with Crippen LogP contribution in [0.25, 0.3) is 0 Å². The highest BCUT2D eigenvalue weighted by molar-refractivity contribution is 5.89. The first-order chi connectivity index (χ1) is 10.5. The number of rotatable bonds is 4. The molecule has 2 rings (SSSR count). The molecule has 2 N–H and O–H groups in total. The minimum Gasteiger partial charge on any atom is -0.444 e. The highest BCUT2D eigenvalue weighted by Crippen LogP contribution is 2.23. The number of benzene rings is 1. The summed E-state index contributed by atoms with van der Waals surface area (Å²) in [7, 11) is 0. The first-order valence-corrected chi connectivity index (χ1v) is 6.56. The molecule has 1 aliphatic heterocycles. The fourth-order valence-electron chi connectivity index (χ4n) is 1.68. The predicted octanol–water partition coefficient (Wildman–Crippen LogP) is 1.48. The molecule has 8 heteroatoms. The lowest BCUT2D eigenvalue weighted by Crippen LogP contribution is -2.45. The molecule has 118 valence electrons. The van der Waals surface area contributed by atoms with E-state index < -0.39 is 23.6 Å². The van der Waals surface area contributed by atoms with E-state index in [9.17, 15) is 14.4 Å². The largest absolute Gasteiger partial charge is 0.508 e. The van der Waals surface area contributed by atoms with Crippen LogP contribution in [0.5, 0.6) is 0 Å². The third-order valence-corrected chi connectivity index (χ3v) is 2.98. The molecule has 1 aliphatic rings. The van der Waals surface area contributed by atoms with Crippen molar-refractivity contribution in [2.24, 2.45) is 5.41 Å². The number of hydrogen-bond acceptors (Lipinski definition) is 6. The van der Waals surface area contributed by atoms with Crippen molar-refractivity contribution in [3.05, 3.63) is 30.3 Å². The first kappa shape index (κ1) is 15.6. The van der Waals surface area contributed by atoms with Gasteiger partial charge in [-0.1, -0.05) is 18.2 Å². The summed E-state index contributed by atoms with van der Waals surface area (Å²) in [6, 6.07) is 8.32. The van der Waals surface area contributed by atoms with Crippen molar-refractivity contribution in [2.75, 3.05) is 25.3 Å². The third kappa shape index (κ3) is 4.11. The van der Waals surface area contributed by atoms with Crippen LogP contribution < -0.4 is 10.6 Å². The van der Waals surface area contributed by atoms with Gasteiger partial charge in [-0.25, -0.2) is 9.59 Å². The molecular formula is C14H16N2O6. The summed E-state index contributed by atoms with van der Waals surface area (Å²) < 4.78 is 14.3. The monoisotopic (exact) mass is 308 g/mol. The molecule has 1 heterocycles. The molecule has 0 aromatic heterocycles. The van der Waals surface area contributed by atoms with Gasteiger partial charge in [0.05, 0.1) is 0 Å². The van der Waals surface area contributed by atoms with Crippen LogP contribution in [0.2, 0.25) is 0 Å². The summed E-state index contributed by atoms with van der Waals surface area (Å²) in [5.74, 6) is -0.625. The average Bonchev–Trinajstić information content (AvgIpc) is 2.51. The van der Waals surface area contributed by atoms with Gasteiger partial charge in [0.1, 0.15) is 18.6 Å². The Morgan fingerprint density at radius 2 is 1.86 bits per heavy atom. The van der Waals surface area contributed by atoms with Crippen LogP contribution in [0.1, 0.15) is 6.92 Å². The van der Waals surface area contributed by atoms with Crippen LogP contribution in [0.3, 0.4) is 0 Å². The maximum atomic E-state index is 11.9. The Hall–Kier alpha value is -2.77. The van der Waals surface area contributed by atoms with Crippen molar-refractivity contribution in [1.82, 2.24) is 5.32 Å². The maximum absolute atomic E-state index is 11.9. The van der Waals surface area contributed by atoms with E-state index in [4.69, 9.17) is 4.74 Å². The average molecular weight is 308 g/mol. The Bertz CT molecular complexity index is 550. The number of cyclic esters (lactones) is 2. The van der Waals surface area contributed by atoms with Gasteiger partial charge < -0.3 is 24.8 Å². The molecule has 1 aromatic carbocycles. The topological polar surface area (TPSA) is 103 Å². The lowest BCUT2D eigenvalue weighted by molar-refractivity contribution is -0.166. The molecule has 1 fully saturated rings. The number of carbonyl (C=O) groups is 3. The van der Waals surface area contributed by atoms with Gasteiger partial charge in [0.2, 0.25) is 0 Å². The Labute approximate surface area is 126 Å². The predicted molar refractivity (Wildman–Crippen MR) is 75.0 cm³/mol. The molecule has 1 aromatic rings. The van der Waals surface area contributed by atoms with Gasteiger partial charge in [-0.15, -0.1) is 0 Å². The lowest BCUT2D eigenvalue weighted by atomic mass is 9.93. The Balaban J connectivity index is 1.72. The molecule has 0 aliphatic carbocycles. The molecule has 0 unspecified atom stereocenters. The minimum atomic E-state index is -1.08. The highest BCUT2D eigenvalue weighted by Gasteiger charge is 2.41. The molecule has 0 bridgehead atoms. The van der Waals surface area contributed by atoms with Gasteiger partial charge in [0.25, 0.3) is 0 Å². The van der Waals surface area contributed by atoms with E-state index in [1.54, 1.807) is 31.2 Å². The van der Waals surface area contributed by atoms with Crippen molar-refractivity contribution >= 4 is 23.8 Å². The fraction of sp³-hybridized carbons (Fsp3) is 0.357. The molecule has 0 radical (unpaired) electrons. The molecule has 0 atom stereocenters. The second-order valence-corrected chi connectivity index (χ2v) is 4.96. The number of esters is 1. The third-order valence-electron chi connectivity index (χ3n) is 2.98. The number of hydrogen-bond donors (Lipinski definition) is 2. The van der Waals surface area contributed by atoms with Gasteiger partial charge in [0.15, 0.2) is 6.73 Å². The second-order valence-electron chi connectivity index (χ2n) is 4.96. The summed E-state index contributed by atoms with van der Waals surface area (Å²) in [6.45, 7) is 0.995. The van der Waals surface area contributed by atoms with Crippen LogP contribution in [0.15, 0.2) is 30.3 Å². The number of para-hydroxylation sites is 1. The number of ether oxygens (including phenoxy) is 3. The summed E-state index contributed by atoms with van der Waals surface area (Å²) in [6.07, 6.45) is -0.814. The van der Waals surface area contributed by atoms with Crippen LogP contribution in [-0.2, 0) is 19.0 Å². The van der Waals surface area contributed by atoms with E-state index in [1.807, 2.05) is 6.07 Å². The van der Waals surface area contributed by atoms with Crippen LogP contribution in [0, 0.1) is 5.41 Å². The number of nitrogens with one attached hydrogen (secondary N) is 2. The SMILES string of the molecule is CC1(C(=O)OCNC(=O)Nc2ccccc2)COC(=O)OC1. The zero-order valence-electron chi connectivity index (χ0n) is 12.0. The molecule has 22 heavy (non-hydrogen) atoms. The molecule has 1 saturated heterocycles. The Kier molecular flexibility index (Phi) is 4.82. The minimum absolute atomic E-state index is 0.124. The summed E-state index contributed by atoms with van der Waals surface area (Å²) >= 11 is 0. The molecular weight excluding hydrogens is 292 g/mol. The summed E-state index contributed by atoms with van der Waals surface area (Å²) in [5.41, 5.74) is -0.461. The molecule has 0 spiro atoms. The summed E-state index contributed by atoms with van der Waals surface area (Å²) in [5, 5.41) is 4.96. The fourth-order valence-corrected chi connectivity index (χ4v) is 1.68. The van der Waals surface area contributed by atoms with Gasteiger partial charge in [0, 0.05) is 5.69 Å². The van der Waals surface area contributed by atoms with Gasteiger partial charge >= 0.3 is 18.2 Å². The molecule has 0 saturated carbocycles. The van der Waals surface area contributed by atoms with E-state index in [1.165, 1.54) is 0 Å². The number of anilines is 1. The van der Waals surface area contributed by atoms with E-state index in [0.717, 1.165) is 0 Å². The Morgan fingerprint density at radius 1 is 1.23 bits per heavy atom. The zero-order chi connectivity index (χ0) is 16.0. The van der Waals surface area contributed by atoms with Crippen molar-refractivity contribution < 1.29 is 28.6 Å². The normalized spacial score (nSPS) is 16.0. The van der Waals surface area contributed by atoms with E-state index in [0.29, 0.717) is 5.69 Å². The quantitative estimate of drug-likeness (QED) is 0.645. The number of urea groups is 1. The summed E-state index contributed by atoms with van der Waals surface area (Å²) in [4.78, 5) is 34.3. The number of amides is 2. The standard InChI is InChI=1S/C14H16N2O6/c1-14(7-20-13(19)21-8-14)11(17)22-9-15-12(18)16-10-5-3-2-4-6-10/h2-6H,7-9H2,1H3,(H2,15,16,18). The van der Waals surface area contributed by atoms with Crippen molar-refractivity contribution in [3.8, 4) is 0 Å². The van der Waals surface area contributed by atoms with Crippen molar-refractivity contribution in [3.63, 3.8) is 0 Å². The second kappa shape index (κ2) is 6.79. The number of carbonyl (C=O) groups excluding carboxylic acids is 3. The van der Waals surface area contributed by atoms with E-state index in [-0.39, 0.29) is 19.9 Å². The van der Waals surface area contributed by atoms with Gasteiger partial charge in [-0.2, -0.15) is 0 Å². The highest BCUT2D eigenvalue weighted by atomic mass is 16.7. The Morgan fingerprint density at radius 3 is 2.50 bits per heavy atom. The van der Waals surface area contributed by atoms with Crippen LogP contribution in [0.4, 0.5) is 15.3 Å². The smallest absolute Gasteiger partial charge is 0.444 e. The molecule has 2 amide bonds. The van der Waals surface area contributed by atoms with Crippen LogP contribution >= 0.6 is 0 Å². The van der Waals surface area contributed by atoms with E-state index >= 15 is 0 Å².